The van der Waals surface area contributed by atoms with Crippen LogP contribution in [0.4, 0.5) is 0 Å². The van der Waals surface area contributed by atoms with E-state index in [9.17, 15) is 14.4 Å². The molecule has 2 aromatic rings. The third kappa shape index (κ3) is 6.35. The number of benzene rings is 1. The first-order chi connectivity index (χ1) is 15.9. The Labute approximate surface area is 193 Å². The van der Waals surface area contributed by atoms with Gasteiger partial charge in [0.1, 0.15) is 12.4 Å². The summed E-state index contributed by atoms with van der Waals surface area (Å²) in [4.78, 5) is 47.3. The van der Waals surface area contributed by atoms with Gasteiger partial charge in [0.2, 0.25) is 5.91 Å². The van der Waals surface area contributed by atoms with Gasteiger partial charge in [-0.15, -0.1) is 0 Å². The summed E-state index contributed by atoms with van der Waals surface area (Å²) in [5.41, 5.74) is 2.59. The Hall–Kier alpha value is -3.33. The van der Waals surface area contributed by atoms with Crippen molar-refractivity contribution < 1.29 is 23.9 Å². The van der Waals surface area contributed by atoms with Gasteiger partial charge >= 0.3 is 5.97 Å². The molecule has 0 bridgehead atoms. The highest BCUT2D eigenvalue weighted by atomic mass is 16.5. The van der Waals surface area contributed by atoms with Gasteiger partial charge in [0, 0.05) is 38.9 Å². The number of aromatic nitrogens is 2. The average molecular weight is 455 g/mol. The number of amides is 2. The summed E-state index contributed by atoms with van der Waals surface area (Å²) in [6.07, 6.45) is 3.60. The molecule has 1 aromatic heterocycles. The fourth-order valence-electron chi connectivity index (χ4n) is 3.98. The Morgan fingerprint density at radius 1 is 1.18 bits per heavy atom. The number of likely N-dealkylation sites (tertiary alicyclic amines) is 1. The highest BCUT2D eigenvalue weighted by molar-refractivity contribution is 5.95. The molecule has 2 heterocycles. The van der Waals surface area contributed by atoms with Crippen LogP contribution in [-0.4, -0.2) is 73.1 Å². The summed E-state index contributed by atoms with van der Waals surface area (Å²) in [5.74, 6) is 0.0446. The molecule has 0 spiro atoms. The number of piperidine rings is 1. The highest BCUT2D eigenvalue weighted by Crippen LogP contribution is 2.29. The zero-order valence-corrected chi connectivity index (χ0v) is 19.3. The number of esters is 1. The number of hydrogen-bond donors (Lipinski definition) is 1. The van der Waals surface area contributed by atoms with Gasteiger partial charge in [-0.05, 0) is 43.9 Å². The molecule has 176 valence electrons. The Morgan fingerprint density at radius 2 is 1.94 bits per heavy atom. The van der Waals surface area contributed by atoms with Crippen molar-refractivity contribution >= 4 is 17.8 Å². The second-order valence-electron chi connectivity index (χ2n) is 8.00. The van der Waals surface area contributed by atoms with Gasteiger partial charge in [0.25, 0.3) is 5.91 Å². The maximum atomic E-state index is 12.9. The number of methoxy groups -OCH3 is 2. The molecule has 3 rings (SSSR count). The maximum absolute atomic E-state index is 12.9. The summed E-state index contributed by atoms with van der Waals surface area (Å²) in [5, 5.41) is 2.94. The van der Waals surface area contributed by atoms with E-state index in [4.69, 9.17) is 9.47 Å². The summed E-state index contributed by atoms with van der Waals surface area (Å²) in [7, 11) is 2.85. The van der Waals surface area contributed by atoms with Gasteiger partial charge in [0.05, 0.1) is 23.9 Å². The predicted molar refractivity (Wildman–Crippen MR) is 121 cm³/mol. The van der Waals surface area contributed by atoms with E-state index in [2.05, 4.69) is 15.3 Å². The minimum Gasteiger partial charge on any atom is -0.465 e. The van der Waals surface area contributed by atoms with Gasteiger partial charge in [0.15, 0.2) is 0 Å². The van der Waals surface area contributed by atoms with Gasteiger partial charge in [-0.3, -0.25) is 9.59 Å². The van der Waals surface area contributed by atoms with Gasteiger partial charge < -0.3 is 19.7 Å². The number of rotatable bonds is 8. The minimum absolute atomic E-state index is 0.0240. The van der Waals surface area contributed by atoms with Crippen molar-refractivity contribution in [1.82, 2.24) is 20.2 Å². The smallest absolute Gasteiger partial charge is 0.337 e. The predicted octanol–water partition coefficient (Wildman–Crippen LogP) is 1.90. The highest BCUT2D eigenvalue weighted by Gasteiger charge is 2.28. The van der Waals surface area contributed by atoms with E-state index in [1.807, 2.05) is 6.07 Å². The fourth-order valence-corrected chi connectivity index (χ4v) is 3.98. The number of nitrogens with zero attached hydrogens (tertiary/aromatic N) is 3. The van der Waals surface area contributed by atoms with E-state index in [-0.39, 0.29) is 24.3 Å². The number of carbonyl (C=O) groups is 3. The molecule has 1 fully saturated rings. The van der Waals surface area contributed by atoms with Crippen molar-refractivity contribution in [1.29, 1.82) is 0 Å². The first-order valence-electron chi connectivity index (χ1n) is 11.0. The molecule has 9 heteroatoms. The molecule has 1 N–H and O–H groups in total. The van der Waals surface area contributed by atoms with E-state index in [0.717, 1.165) is 24.1 Å². The van der Waals surface area contributed by atoms with E-state index < -0.39 is 5.97 Å². The van der Waals surface area contributed by atoms with Gasteiger partial charge in [-0.25, -0.2) is 14.8 Å². The SMILES string of the molecule is COCC(=O)N1CCC(c2nc(C)ncc2C(=O)NCCc2cccc(C(=O)OC)c2)CC1. The van der Waals surface area contributed by atoms with Crippen molar-refractivity contribution in [3.8, 4) is 0 Å². The maximum Gasteiger partial charge on any atom is 0.337 e. The summed E-state index contributed by atoms with van der Waals surface area (Å²) in [6.45, 7) is 3.49. The van der Waals surface area contributed by atoms with Crippen LogP contribution >= 0.6 is 0 Å². The number of ether oxygens (including phenoxy) is 2. The van der Waals surface area contributed by atoms with E-state index >= 15 is 0 Å². The van der Waals surface area contributed by atoms with Crippen molar-refractivity contribution in [2.75, 3.05) is 40.5 Å². The standard InChI is InChI=1S/C24H30N4O5/c1-16-26-14-20(22(27-16)18-8-11-28(12-9-18)21(29)15-32-2)23(30)25-10-7-17-5-4-6-19(13-17)24(31)33-3/h4-6,13-14,18H,7-12,15H2,1-3H3,(H,25,30). The van der Waals surface area contributed by atoms with Crippen molar-refractivity contribution in [2.45, 2.75) is 32.1 Å². The molecular weight excluding hydrogens is 424 g/mol. The van der Waals surface area contributed by atoms with Crippen LogP contribution in [0.3, 0.4) is 0 Å². The Morgan fingerprint density at radius 3 is 2.64 bits per heavy atom. The number of hydrogen-bond acceptors (Lipinski definition) is 7. The van der Waals surface area contributed by atoms with Crippen molar-refractivity contribution in [3.63, 3.8) is 0 Å². The topological polar surface area (TPSA) is 111 Å². The van der Waals surface area contributed by atoms with Crippen LogP contribution in [0.15, 0.2) is 30.5 Å². The van der Waals surface area contributed by atoms with Crippen LogP contribution in [0.2, 0.25) is 0 Å². The summed E-state index contributed by atoms with van der Waals surface area (Å²) >= 11 is 0. The second kappa shape index (κ2) is 11.5. The third-order valence-electron chi connectivity index (χ3n) is 5.73. The first-order valence-corrected chi connectivity index (χ1v) is 11.0. The molecule has 1 aliphatic rings. The second-order valence-corrected chi connectivity index (χ2v) is 8.00. The quantitative estimate of drug-likeness (QED) is 0.607. The molecule has 0 saturated carbocycles. The number of carbonyl (C=O) groups excluding carboxylic acids is 3. The molecule has 0 atom stereocenters. The lowest BCUT2D eigenvalue weighted by atomic mass is 9.90. The number of nitrogens with one attached hydrogen (secondary N) is 1. The largest absolute Gasteiger partial charge is 0.465 e. The van der Waals surface area contributed by atoms with Crippen molar-refractivity contribution in [3.05, 3.63) is 58.7 Å². The fraction of sp³-hybridized carbons (Fsp3) is 0.458. The van der Waals surface area contributed by atoms with Gasteiger partial charge in [-0.1, -0.05) is 12.1 Å². The molecule has 1 aromatic carbocycles. The average Bonchev–Trinajstić information content (AvgIpc) is 2.83. The number of aryl methyl sites for hydroxylation is 1. The molecule has 1 saturated heterocycles. The zero-order chi connectivity index (χ0) is 23.8. The van der Waals surface area contributed by atoms with E-state index in [1.54, 1.807) is 36.2 Å². The monoisotopic (exact) mass is 454 g/mol. The lowest BCUT2D eigenvalue weighted by Gasteiger charge is -2.32. The minimum atomic E-state index is -0.391. The molecule has 0 aliphatic carbocycles. The summed E-state index contributed by atoms with van der Waals surface area (Å²) in [6, 6.07) is 7.14. The molecule has 0 radical (unpaired) electrons. The summed E-state index contributed by atoms with van der Waals surface area (Å²) < 4.78 is 9.69. The molecule has 9 nitrogen and oxygen atoms in total. The van der Waals surface area contributed by atoms with Crippen LogP contribution in [0.1, 0.15) is 56.6 Å². The van der Waals surface area contributed by atoms with E-state index in [0.29, 0.717) is 43.0 Å². The normalized spacial score (nSPS) is 14.1. The van der Waals surface area contributed by atoms with Crippen LogP contribution in [-0.2, 0) is 20.7 Å². The van der Waals surface area contributed by atoms with Crippen LogP contribution in [0.5, 0.6) is 0 Å². The van der Waals surface area contributed by atoms with Crippen LogP contribution in [0.25, 0.3) is 0 Å². The van der Waals surface area contributed by atoms with Crippen LogP contribution < -0.4 is 5.32 Å². The van der Waals surface area contributed by atoms with Gasteiger partial charge in [-0.2, -0.15) is 0 Å². The molecule has 2 amide bonds. The Balaban J connectivity index is 1.62. The third-order valence-corrected chi connectivity index (χ3v) is 5.73. The van der Waals surface area contributed by atoms with Crippen LogP contribution in [0, 0.1) is 6.92 Å². The molecule has 33 heavy (non-hydrogen) atoms. The lowest BCUT2D eigenvalue weighted by molar-refractivity contribution is -0.136. The molecule has 1 aliphatic heterocycles. The zero-order valence-electron chi connectivity index (χ0n) is 19.3. The Kier molecular flexibility index (Phi) is 8.48. The van der Waals surface area contributed by atoms with E-state index in [1.165, 1.54) is 14.2 Å². The first kappa shape index (κ1) is 24.3. The molecular formula is C24H30N4O5. The lowest BCUT2D eigenvalue weighted by Crippen LogP contribution is -2.40. The van der Waals surface area contributed by atoms with Crippen molar-refractivity contribution in [2.24, 2.45) is 0 Å². The molecule has 0 unspecified atom stereocenters. The Bertz CT molecular complexity index is 1000.